The molecule has 1 aliphatic heterocycles. The van der Waals surface area contributed by atoms with E-state index in [1.807, 2.05) is 54.6 Å². The van der Waals surface area contributed by atoms with E-state index in [0.717, 1.165) is 16.9 Å². The second-order valence-corrected chi connectivity index (χ2v) is 5.57. The Labute approximate surface area is 139 Å². The van der Waals surface area contributed by atoms with Gasteiger partial charge in [0.25, 0.3) is 5.91 Å². The van der Waals surface area contributed by atoms with E-state index >= 15 is 0 Å². The first-order valence-electron chi connectivity index (χ1n) is 7.72. The van der Waals surface area contributed by atoms with Gasteiger partial charge in [0.1, 0.15) is 5.75 Å². The van der Waals surface area contributed by atoms with Gasteiger partial charge < -0.3 is 10.1 Å². The molecular weight excluding hydrogens is 302 g/mol. The number of carbonyl (C=O) groups excluding carboxylic acids is 1. The molecule has 5 heteroatoms. The highest BCUT2D eigenvalue weighted by Crippen LogP contribution is 2.28. The molecule has 24 heavy (non-hydrogen) atoms. The van der Waals surface area contributed by atoms with Crippen LogP contribution in [0.3, 0.4) is 0 Å². The number of para-hydroxylation sites is 1. The molecule has 5 nitrogen and oxygen atoms in total. The highest BCUT2D eigenvalue weighted by atomic mass is 16.5. The van der Waals surface area contributed by atoms with Crippen molar-refractivity contribution in [1.29, 1.82) is 0 Å². The van der Waals surface area contributed by atoms with Crippen LogP contribution in [0.4, 0.5) is 5.69 Å². The Morgan fingerprint density at radius 1 is 1.00 bits per heavy atom. The number of hydrogen-bond donors (Lipinski definition) is 1. The number of amides is 1. The highest BCUT2D eigenvalue weighted by Gasteiger charge is 2.28. The summed E-state index contributed by atoms with van der Waals surface area (Å²) < 4.78 is 5.68. The second-order valence-electron chi connectivity index (χ2n) is 5.57. The van der Waals surface area contributed by atoms with Gasteiger partial charge in [0.2, 0.25) is 0 Å². The molecule has 0 aliphatic carbocycles. The van der Waals surface area contributed by atoms with Crippen LogP contribution in [0.1, 0.15) is 5.56 Å². The van der Waals surface area contributed by atoms with Crippen LogP contribution in [0.2, 0.25) is 0 Å². The Hall–Kier alpha value is -3.21. The maximum Gasteiger partial charge on any atom is 0.265 e. The number of benzene rings is 2. The minimum atomic E-state index is -0.517. The number of aromatic nitrogens is 2. The lowest BCUT2D eigenvalue weighted by Gasteiger charge is -2.11. The first-order valence-corrected chi connectivity index (χ1v) is 7.72. The Balaban J connectivity index is 1.44. The van der Waals surface area contributed by atoms with Crippen molar-refractivity contribution in [1.82, 2.24) is 9.97 Å². The van der Waals surface area contributed by atoms with Crippen molar-refractivity contribution in [3.8, 4) is 17.1 Å². The molecule has 0 saturated heterocycles. The number of fused-ring (bicyclic) bond motifs is 1. The lowest BCUT2D eigenvalue weighted by Crippen LogP contribution is -2.31. The van der Waals surface area contributed by atoms with E-state index < -0.39 is 6.10 Å². The summed E-state index contributed by atoms with van der Waals surface area (Å²) in [6, 6.07) is 17.4. The zero-order valence-corrected chi connectivity index (χ0v) is 12.8. The molecule has 1 aromatic heterocycles. The average Bonchev–Trinajstić information content (AvgIpc) is 3.07. The highest BCUT2D eigenvalue weighted by molar-refractivity contribution is 5.94. The van der Waals surface area contributed by atoms with E-state index in [-0.39, 0.29) is 5.91 Å². The first kappa shape index (κ1) is 14.4. The van der Waals surface area contributed by atoms with Gasteiger partial charge in [-0.05, 0) is 11.6 Å². The number of hydrogen-bond acceptors (Lipinski definition) is 4. The summed E-state index contributed by atoms with van der Waals surface area (Å²) in [6.07, 6.45) is 3.27. The van der Waals surface area contributed by atoms with Crippen molar-refractivity contribution in [3.63, 3.8) is 0 Å². The van der Waals surface area contributed by atoms with Gasteiger partial charge in [0, 0.05) is 12.0 Å². The number of carbonyl (C=O) groups is 1. The third-order valence-electron chi connectivity index (χ3n) is 3.89. The fraction of sp³-hybridized carbons (Fsp3) is 0.105. The molecule has 1 aliphatic rings. The van der Waals surface area contributed by atoms with Gasteiger partial charge >= 0.3 is 0 Å². The maximum absolute atomic E-state index is 12.3. The minimum absolute atomic E-state index is 0.192. The Kier molecular flexibility index (Phi) is 3.67. The smallest absolute Gasteiger partial charge is 0.265 e. The summed E-state index contributed by atoms with van der Waals surface area (Å²) in [6.45, 7) is 0. The minimum Gasteiger partial charge on any atom is -0.480 e. The predicted octanol–water partition coefficient (Wildman–Crippen LogP) is 3.09. The van der Waals surface area contributed by atoms with Crippen molar-refractivity contribution < 1.29 is 9.53 Å². The molecule has 118 valence electrons. The van der Waals surface area contributed by atoms with Gasteiger partial charge in [0.15, 0.2) is 11.9 Å². The molecule has 0 spiro atoms. The van der Waals surface area contributed by atoms with Gasteiger partial charge in [-0.25, -0.2) is 9.97 Å². The standard InChI is InChI=1S/C19H15N3O2/c23-19(17-10-14-8-4-5-9-16(14)24-17)22-15-11-20-18(21-12-15)13-6-2-1-3-7-13/h1-9,11-12,17H,10H2,(H,22,23)/t17-/m0/s1. The topological polar surface area (TPSA) is 64.1 Å². The summed E-state index contributed by atoms with van der Waals surface area (Å²) in [5.74, 6) is 1.20. The van der Waals surface area contributed by atoms with E-state index in [4.69, 9.17) is 4.74 Å². The molecule has 0 radical (unpaired) electrons. The summed E-state index contributed by atoms with van der Waals surface area (Å²) in [4.78, 5) is 20.9. The fourth-order valence-electron chi connectivity index (χ4n) is 2.68. The predicted molar refractivity (Wildman–Crippen MR) is 90.7 cm³/mol. The largest absolute Gasteiger partial charge is 0.480 e. The number of nitrogens with one attached hydrogen (secondary N) is 1. The first-order chi connectivity index (χ1) is 11.8. The van der Waals surface area contributed by atoms with E-state index in [0.29, 0.717) is 17.9 Å². The van der Waals surface area contributed by atoms with Gasteiger partial charge in [-0.15, -0.1) is 0 Å². The lowest BCUT2D eigenvalue weighted by atomic mass is 10.1. The van der Waals surface area contributed by atoms with Gasteiger partial charge in [-0.2, -0.15) is 0 Å². The van der Waals surface area contributed by atoms with Crippen LogP contribution in [0.5, 0.6) is 5.75 Å². The molecule has 0 bridgehead atoms. The maximum atomic E-state index is 12.3. The Bertz CT molecular complexity index is 838. The number of ether oxygens (including phenoxy) is 1. The van der Waals surface area contributed by atoms with Gasteiger partial charge in [-0.1, -0.05) is 48.5 Å². The molecule has 1 atom stereocenters. The molecule has 0 unspecified atom stereocenters. The summed E-state index contributed by atoms with van der Waals surface area (Å²) in [7, 11) is 0. The van der Waals surface area contributed by atoms with Crippen molar-refractivity contribution in [2.24, 2.45) is 0 Å². The van der Waals surface area contributed by atoms with E-state index in [9.17, 15) is 4.79 Å². The monoisotopic (exact) mass is 317 g/mol. The summed E-state index contributed by atoms with van der Waals surface area (Å²) in [5, 5.41) is 2.81. The third kappa shape index (κ3) is 2.84. The van der Waals surface area contributed by atoms with E-state index in [1.54, 1.807) is 12.4 Å². The van der Waals surface area contributed by atoms with Crippen LogP contribution in [-0.2, 0) is 11.2 Å². The third-order valence-corrected chi connectivity index (χ3v) is 3.89. The zero-order valence-electron chi connectivity index (χ0n) is 12.8. The van der Waals surface area contributed by atoms with Crippen LogP contribution in [-0.4, -0.2) is 22.0 Å². The Morgan fingerprint density at radius 3 is 2.46 bits per heavy atom. The van der Waals surface area contributed by atoms with Crippen LogP contribution in [0.15, 0.2) is 67.0 Å². The Morgan fingerprint density at radius 2 is 1.71 bits per heavy atom. The number of anilines is 1. The number of nitrogens with zero attached hydrogens (tertiary/aromatic N) is 2. The molecule has 0 fully saturated rings. The van der Waals surface area contributed by atoms with Crippen LogP contribution < -0.4 is 10.1 Å². The van der Waals surface area contributed by atoms with Crippen molar-refractivity contribution in [2.45, 2.75) is 12.5 Å². The molecule has 1 amide bonds. The average molecular weight is 317 g/mol. The van der Waals surface area contributed by atoms with Gasteiger partial charge in [0.05, 0.1) is 18.1 Å². The number of rotatable bonds is 3. The van der Waals surface area contributed by atoms with E-state index in [1.165, 1.54) is 0 Å². The SMILES string of the molecule is O=C(Nc1cnc(-c2ccccc2)nc1)[C@@H]1Cc2ccccc2O1. The molecule has 3 aromatic rings. The molecule has 4 rings (SSSR count). The van der Waals surface area contributed by atoms with Crippen LogP contribution in [0, 0.1) is 0 Å². The zero-order chi connectivity index (χ0) is 16.4. The van der Waals surface area contributed by atoms with Crippen molar-refractivity contribution >= 4 is 11.6 Å². The summed E-state index contributed by atoms with van der Waals surface area (Å²) in [5.41, 5.74) is 2.54. The molecule has 2 aromatic carbocycles. The van der Waals surface area contributed by atoms with E-state index in [2.05, 4.69) is 15.3 Å². The fourth-order valence-corrected chi connectivity index (χ4v) is 2.68. The quantitative estimate of drug-likeness (QED) is 0.806. The molecule has 2 heterocycles. The lowest BCUT2D eigenvalue weighted by molar-refractivity contribution is -0.122. The van der Waals surface area contributed by atoms with Crippen molar-refractivity contribution in [2.75, 3.05) is 5.32 Å². The normalized spacial score (nSPS) is 15.4. The summed E-state index contributed by atoms with van der Waals surface area (Å²) >= 11 is 0. The van der Waals surface area contributed by atoms with Crippen LogP contribution >= 0.6 is 0 Å². The van der Waals surface area contributed by atoms with Crippen molar-refractivity contribution in [3.05, 3.63) is 72.6 Å². The molecular formula is C19H15N3O2. The molecule has 0 saturated carbocycles. The second kappa shape index (κ2) is 6.12. The van der Waals surface area contributed by atoms with Gasteiger partial charge in [-0.3, -0.25) is 4.79 Å². The molecule has 1 N–H and O–H groups in total. The van der Waals surface area contributed by atoms with Crippen LogP contribution in [0.25, 0.3) is 11.4 Å².